The number of H-pyrrole nitrogens is 1. The lowest BCUT2D eigenvalue weighted by Crippen LogP contribution is -2.29. The molecule has 1 fully saturated rings. The van der Waals surface area contributed by atoms with Crippen molar-refractivity contribution >= 4 is 40.0 Å². The number of hydrogen-bond donors (Lipinski definition) is 2. The Labute approximate surface area is 200 Å². The zero-order valence-electron chi connectivity index (χ0n) is 18.2. The first-order valence-corrected chi connectivity index (χ1v) is 10.9. The number of para-hydroxylation sites is 1. The number of benzene rings is 2. The number of ketones is 1. The third-order valence-electron chi connectivity index (χ3n) is 5.98. The van der Waals surface area contributed by atoms with E-state index in [4.69, 9.17) is 16.3 Å². The summed E-state index contributed by atoms with van der Waals surface area (Å²) in [5.74, 6) is -1.38. The van der Waals surface area contributed by atoms with Crippen molar-refractivity contribution in [1.29, 1.82) is 0 Å². The lowest BCUT2D eigenvalue weighted by molar-refractivity contribution is -0.140. The van der Waals surface area contributed by atoms with Gasteiger partial charge in [0.15, 0.2) is 0 Å². The van der Waals surface area contributed by atoms with E-state index in [-0.39, 0.29) is 17.9 Å². The van der Waals surface area contributed by atoms with Crippen molar-refractivity contribution in [2.45, 2.75) is 12.6 Å². The molecule has 34 heavy (non-hydrogen) atoms. The number of amides is 1. The number of carbonyl (C=O) groups excluding carboxylic acids is 2. The Kier molecular flexibility index (Phi) is 5.55. The highest BCUT2D eigenvalue weighted by molar-refractivity contribution is 6.46. The number of pyridine rings is 1. The Morgan fingerprint density at radius 1 is 1.15 bits per heavy atom. The molecule has 170 valence electrons. The summed E-state index contributed by atoms with van der Waals surface area (Å²) < 4.78 is 5.26. The maximum atomic E-state index is 13.3. The number of aliphatic hydroxyl groups excluding tert-OH is 1. The van der Waals surface area contributed by atoms with Gasteiger partial charge < -0.3 is 19.7 Å². The van der Waals surface area contributed by atoms with Gasteiger partial charge >= 0.3 is 0 Å². The van der Waals surface area contributed by atoms with Crippen LogP contribution < -0.4 is 4.74 Å². The smallest absolute Gasteiger partial charge is 0.295 e. The monoisotopic (exact) mass is 473 g/mol. The van der Waals surface area contributed by atoms with Crippen molar-refractivity contribution in [2.24, 2.45) is 0 Å². The predicted molar refractivity (Wildman–Crippen MR) is 128 cm³/mol. The van der Waals surface area contributed by atoms with Crippen molar-refractivity contribution in [3.05, 3.63) is 100 Å². The highest BCUT2D eigenvalue weighted by atomic mass is 35.5. The first-order valence-electron chi connectivity index (χ1n) is 10.6. The van der Waals surface area contributed by atoms with Gasteiger partial charge in [0.2, 0.25) is 0 Å². The summed E-state index contributed by atoms with van der Waals surface area (Å²) in [6, 6.07) is 15.1. The molecule has 2 N–H and O–H groups in total. The number of carbonyl (C=O) groups is 2. The van der Waals surface area contributed by atoms with Gasteiger partial charge in [-0.1, -0.05) is 29.8 Å². The molecule has 0 spiro atoms. The Morgan fingerprint density at radius 3 is 2.68 bits per heavy atom. The molecule has 2 aromatic carbocycles. The minimum Gasteiger partial charge on any atom is -0.507 e. The summed E-state index contributed by atoms with van der Waals surface area (Å²) in [4.78, 5) is 35.2. The molecule has 1 unspecified atom stereocenters. The molecule has 0 bridgehead atoms. The average molecular weight is 474 g/mol. The Hall–Kier alpha value is -4.10. The standard InChI is InChI=1S/C26H20ClN3O4/c1-34-21-12-16(6-7-19(21)27)24(31)22-23(18-13-29-20-5-3-2-4-17(18)20)30(26(33)25(22)32)14-15-8-10-28-11-9-15/h2-13,23,29,31H,14H2,1H3/b24-22+. The quantitative estimate of drug-likeness (QED) is 0.245. The van der Waals surface area contributed by atoms with E-state index in [1.807, 2.05) is 24.3 Å². The van der Waals surface area contributed by atoms with Crippen LogP contribution in [0.3, 0.4) is 0 Å². The van der Waals surface area contributed by atoms with Crippen molar-refractivity contribution < 1.29 is 19.4 Å². The molecule has 7 nitrogen and oxygen atoms in total. The SMILES string of the molecule is COc1cc(/C(O)=C2\C(=O)C(=O)N(Cc3ccncc3)C2c2c[nH]c3ccccc23)ccc1Cl. The van der Waals surface area contributed by atoms with Gasteiger partial charge in [-0.15, -0.1) is 0 Å². The summed E-state index contributed by atoms with van der Waals surface area (Å²) in [6.45, 7) is 0.179. The van der Waals surface area contributed by atoms with Gasteiger partial charge in [-0.25, -0.2) is 0 Å². The first kappa shape index (κ1) is 21.7. The summed E-state index contributed by atoms with van der Waals surface area (Å²) in [5.41, 5.74) is 2.72. The van der Waals surface area contributed by atoms with E-state index in [2.05, 4.69) is 9.97 Å². The van der Waals surface area contributed by atoms with Gasteiger partial charge in [0, 0.05) is 47.2 Å². The van der Waals surface area contributed by atoms with Crippen molar-refractivity contribution in [3.63, 3.8) is 0 Å². The third-order valence-corrected chi connectivity index (χ3v) is 6.29. The number of likely N-dealkylation sites (tertiary alicyclic amines) is 1. The molecule has 0 radical (unpaired) electrons. The van der Waals surface area contributed by atoms with Crippen LogP contribution in [0, 0.1) is 0 Å². The van der Waals surface area contributed by atoms with E-state index < -0.39 is 17.7 Å². The summed E-state index contributed by atoms with van der Waals surface area (Å²) >= 11 is 6.14. The molecule has 2 aromatic heterocycles. The second-order valence-corrected chi connectivity index (χ2v) is 8.33. The molecule has 4 aromatic rings. The molecular formula is C26H20ClN3O4. The number of nitrogens with zero attached hydrogens (tertiary/aromatic N) is 2. The van der Waals surface area contributed by atoms with Gasteiger partial charge in [0.1, 0.15) is 11.5 Å². The van der Waals surface area contributed by atoms with Gasteiger partial charge in [-0.05, 0) is 42.0 Å². The second kappa shape index (κ2) is 8.68. The first-order chi connectivity index (χ1) is 16.5. The van der Waals surface area contributed by atoms with Crippen LogP contribution in [0.15, 0.2) is 78.8 Å². The zero-order chi connectivity index (χ0) is 23.8. The summed E-state index contributed by atoms with van der Waals surface area (Å²) in [7, 11) is 1.46. The number of rotatable bonds is 5. The topological polar surface area (TPSA) is 95.5 Å². The summed E-state index contributed by atoms with van der Waals surface area (Å²) in [5, 5.41) is 12.5. The summed E-state index contributed by atoms with van der Waals surface area (Å²) in [6.07, 6.45) is 5.04. The Balaban J connectivity index is 1.71. The maximum absolute atomic E-state index is 13.3. The molecule has 3 heterocycles. The average Bonchev–Trinajstić information content (AvgIpc) is 3.39. The number of nitrogens with one attached hydrogen (secondary N) is 1. The van der Waals surface area contributed by atoms with Crippen LogP contribution in [0.4, 0.5) is 0 Å². The fourth-order valence-electron chi connectivity index (χ4n) is 4.33. The van der Waals surface area contributed by atoms with Crippen LogP contribution in [-0.2, 0) is 16.1 Å². The second-order valence-electron chi connectivity index (χ2n) is 7.92. The molecule has 0 aliphatic carbocycles. The number of aromatic amines is 1. The molecule has 0 saturated carbocycles. The van der Waals surface area contributed by atoms with Crippen molar-refractivity contribution in [1.82, 2.24) is 14.9 Å². The van der Waals surface area contributed by atoms with Crippen LogP contribution in [0.5, 0.6) is 5.75 Å². The number of Topliss-reactive ketones (excluding diaryl/α,β-unsaturated/α-hetero) is 1. The van der Waals surface area contributed by atoms with Crippen molar-refractivity contribution in [2.75, 3.05) is 7.11 Å². The van der Waals surface area contributed by atoms with Gasteiger partial charge in [0.05, 0.1) is 23.7 Å². The van der Waals surface area contributed by atoms with Crippen LogP contribution in [0.1, 0.15) is 22.7 Å². The molecule has 1 aliphatic heterocycles. The van der Waals surface area contributed by atoms with Crippen LogP contribution in [-0.4, -0.2) is 38.8 Å². The molecule has 1 amide bonds. The number of methoxy groups -OCH3 is 1. The van der Waals surface area contributed by atoms with Crippen LogP contribution in [0.25, 0.3) is 16.7 Å². The molecule has 1 atom stereocenters. The molecule has 1 aliphatic rings. The highest BCUT2D eigenvalue weighted by Crippen LogP contribution is 2.43. The highest BCUT2D eigenvalue weighted by Gasteiger charge is 2.46. The number of aliphatic hydroxyl groups is 1. The van der Waals surface area contributed by atoms with Crippen molar-refractivity contribution in [3.8, 4) is 5.75 Å². The molecule has 5 rings (SSSR count). The fraction of sp³-hybridized carbons (Fsp3) is 0.115. The number of aromatic nitrogens is 2. The van der Waals surface area contributed by atoms with E-state index in [0.717, 1.165) is 16.5 Å². The number of hydrogen-bond acceptors (Lipinski definition) is 5. The number of halogens is 1. The minimum atomic E-state index is -0.800. The van der Waals surface area contributed by atoms with Gasteiger partial charge in [0.25, 0.3) is 11.7 Å². The lowest BCUT2D eigenvalue weighted by atomic mass is 9.94. The zero-order valence-corrected chi connectivity index (χ0v) is 18.9. The predicted octanol–water partition coefficient (Wildman–Crippen LogP) is 4.85. The van der Waals surface area contributed by atoms with E-state index in [1.165, 1.54) is 12.0 Å². The van der Waals surface area contributed by atoms with Gasteiger partial charge in [-0.3, -0.25) is 14.6 Å². The van der Waals surface area contributed by atoms with E-state index >= 15 is 0 Å². The molecule has 1 saturated heterocycles. The third kappa shape index (κ3) is 3.60. The van der Waals surface area contributed by atoms with Crippen LogP contribution >= 0.6 is 11.6 Å². The van der Waals surface area contributed by atoms with E-state index in [9.17, 15) is 14.7 Å². The normalized spacial score (nSPS) is 17.5. The largest absolute Gasteiger partial charge is 0.507 e. The maximum Gasteiger partial charge on any atom is 0.295 e. The Morgan fingerprint density at radius 2 is 1.91 bits per heavy atom. The minimum absolute atomic E-state index is 0.00758. The number of fused-ring (bicyclic) bond motifs is 1. The lowest BCUT2D eigenvalue weighted by Gasteiger charge is -2.25. The van der Waals surface area contributed by atoms with Crippen LogP contribution in [0.2, 0.25) is 5.02 Å². The number of ether oxygens (including phenoxy) is 1. The van der Waals surface area contributed by atoms with E-state index in [1.54, 1.807) is 48.9 Å². The molecular weight excluding hydrogens is 454 g/mol. The van der Waals surface area contributed by atoms with Gasteiger partial charge in [-0.2, -0.15) is 0 Å². The van der Waals surface area contributed by atoms with E-state index in [0.29, 0.717) is 21.9 Å². The fourth-order valence-corrected chi connectivity index (χ4v) is 4.53. The Bertz CT molecular complexity index is 1440. The molecule has 8 heteroatoms.